The fourth-order valence-electron chi connectivity index (χ4n) is 2.30. The van der Waals surface area contributed by atoms with Crippen LogP contribution in [-0.2, 0) is 12.4 Å². The average molecular weight is 316 g/mol. The van der Waals surface area contributed by atoms with Gasteiger partial charge in [0.2, 0.25) is 0 Å². The number of hydrogen-bond acceptors (Lipinski definition) is 2. The van der Waals surface area contributed by atoms with Crippen molar-refractivity contribution in [3.05, 3.63) is 64.4 Å². The monoisotopic (exact) mass is 315 g/mol. The summed E-state index contributed by atoms with van der Waals surface area (Å²) in [5.41, 5.74) is 3.58. The molecule has 0 radical (unpaired) electrons. The molecule has 1 heterocycles. The lowest BCUT2D eigenvalue weighted by Crippen LogP contribution is -2.03. The summed E-state index contributed by atoms with van der Waals surface area (Å²) in [7, 11) is 0. The molecule has 5 heteroatoms. The van der Waals surface area contributed by atoms with Gasteiger partial charge in [-0.25, -0.2) is 4.98 Å². The van der Waals surface area contributed by atoms with Crippen LogP contribution < -0.4 is 0 Å². The molecule has 0 unspecified atom stereocenters. The van der Waals surface area contributed by atoms with Crippen LogP contribution in [0.4, 0.5) is 0 Å². The van der Waals surface area contributed by atoms with Gasteiger partial charge in [0.1, 0.15) is 5.82 Å². The molecule has 0 aliphatic heterocycles. The standard InChI is InChI=1S/C16H11Cl2N3/c17-8-16-20-14-7-13(18)5-6-15(14)21(16)10-12-3-1-11(9-19)2-4-12/h1-7H,8,10H2. The number of aromatic nitrogens is 2. The Morgan fingerprint density at radius 1 is 1.14 bits per heavy atom. The molecule has 0 aliphatic rings. The van der Waals surface area contributed by atoms with Gasteiger partial charge in [0.15, 0.2) is 0 Å². The zero-order valence-corrected chi connectivity index (χ0v) is 12.6. The highest BCUT2D eigenvalue weighted by molar-refractivity contribution is 6.31. The fraction of sp³-hybridized carbons (Fsp3) is 0.125. The summed E-state index contributed by atoms with van der Waals surface area (Å²) in [6.45, 7) is 0.659. The van der Waals surface area contributed by atoms with E-state index in [4.69, 9.17) is 28.5 Å². The molecule has 0 N–H and O–H groups in total. The zero-order valence-electron chi connectivity index (χ0n) is 11.1. The second-order valence-electron chi connectivity index (χ2n) is 4.69. The first-order valence-electron chi connectivity index (χ1n) is 6.41. The van der Waals surface area contributed by atoms with Crippen LogP contribution in [-0.4, -0.2) is 9.55 Å². The molecular weight excluding hydrogens is 305 g/mol. The van der Waals surface area contributed by atoms with Gasteiger partial charge >= 0.3 is 0 Å². The van der Waals surface area contributed by atoms with Crippen LogP contribution in [0.25, 0.3) is 11.0 Å². The largest absolute Gasteiger partial charge is 0.322 e. The lowest BCUT2D eigenvalue weighted by molar-refractivity contribution is 0.778. The zero-order chi connectivity index (χ0) is 14.8. The van der Waals surface area contributed by atoms with E-state index in [1.165, 1.54) is 0 Å². The first-order valence-corrected chi connectivity index (χ1v) is 7.32. The average Bonchev–Trinajstić information content (AvgIpc) is 2.85. The molecule has 0 fully saturated rings. The highest BCUT2D eigenvalue weighted by Gasteiger charge is 2.10. The van der Waals surface area contributed by atoms with E-state index in [1.807, 2.05) is 42.5 Å². The molecule has 3 nitrogen and oxygen atoms in total. The molecule has 2 aromatic carbocycles. The summed E-state index contributed by atoms with van der Waals surface area (Å²) in [6, 6.07) is 15.3. The number of hydrogen-bond donors (Lipinski definition) is 0. The third-order valence-electron chi connectivity index (χ3n) is 3.33. The van der Waals surface area contributed by atoms with Gasteiger partial charge in [-0.2, -0.15) is 5.26 Å². The van der Waals surface area contributed by atoms with Gasteiger partial charge in [-0.05, 0) is 35.9 Å². The van der Waals surface area contributed by atoms with Crippen molar-refractivity contribution >= 4 is 34.2 Å². The van der Waals surface area contributed by atoms with Crippen LogP contribution in [0.1, 0.15) is 17.0 Å². The number of imidazole rings is 1. The first kappa shape index (κ1) is 13.9. The SMILES string of the molecule is N#Cc1ccc(Cn2c(CCl)nc3cc(Cl)ccc32)cc1. The maximum atomic E-state index is 8.84. The Kier molecular flexibility index (Phi) is 3.83. The highest BCUT2D eigenvalue weighted by atomic mass is 35.5. The van der Waals surface area contributed by atoms with E-state index in [1.54, 1.807) is 0 Å². The van der Waals surface area contributed by atoms with E-state index in [0.29, 0.717) is 23.0 Å². The summed E-state index contributed by atoms with van der Waals surface area (Å²) in [5, 5.41) is 9.50. The van der Waals surface area contributed by atoms with E-state index in [2.05, 4.69) is 15.6 Å². The number of alkyl halides is 1. The maximum Gasteiger partial charge on any atom is 0.125 e. The van der Waals surface area contributed by atoms with Crippen molar-refractivity contribution < 1.29 is 0 Å². The number of benzene rings is 2. The van der Waals surface area contributed by atoms with Gasteiger partial charge < -0.3 is 4.57 Å². The normalized spacial score (nSPS) is 10.7. The molecule has 3 rings (SSSR count). The highest BCUT2D eigenvalue weighted by Crippen LogP contribution is 2.22. The van der Waals surface area contributed by atoms with E-state index in [0.717, 1.165) is 22.4 Å². The summed E-state index contributed by atoms with van der Waals surface area (Å²) < 4.78 is 2.07. The van der Waals surface area contributed by atoms with Crippen molar-refractivity contribution in [2.75, 3.05) is 0 Å². The van der Waals surface area contributed by atoms with Crippen LogP contribution in [0.5, 0.6) is 0 Å². The predicted octanol–water partition coefficient (Wildman–Crippen LogP) is 4.35. The molecule has 0 spiro atoms. The second kappa shape index (κ2) is 5.77. The van der Waals surface area contributed by atoms with Crippen LogP contribution in [0, 0.1) is 11.3 Å². The first-order chi connectivity index (χ1) is 10.2. The number of fused-ring (bicyclic) bond motifs is 1. The molecule has 0 saturated heterocycles. The molecule has 3 aromatic rings. The van der Waals surface area contributed by atoms with Gasteiger partial charge in [-0.3, -0.25) is 0 Å². The van der Waals surface area contributed by atoms with Crippen molar-refractivity contribution in [3.8, 4) is 6.07 Å². The van der Waals surface area contributed by atoms with Crippen LogP contribution >= 0.6 is 23.2 Å². The van der Waals surface area contributed by atoms with Crippen LogP contribution in [0.2, 0.25) is 5.02 Å². The molecule has 104 valence electrons. The summed E-state index contributed by atoms with van der Waals surface area (Å²) in [4.78, 5) is 4.52. The molecular formula is C16H11Cl2N3. The molecule has 21 heavy (non-hydrogen) atoms. The smallest absolute Gasteiger partial charge is 0.125 e. The quantitative estimate of drug-likeness (QED) is 0.674. The van der Waals surface area contributed by atoms with Gasteiger partial charge in [-0.15, -0.1) is 11.6 Å². The number of nitriles is 1. The molecule has 0 aliphatic carbocycles. The van der Waals surface area contributed by atoms with Crippen molar-refractivity contribution in [1.82, 2.24) is 9.55 Å². The molecule has 0 atom stereocenters. The minimum atomic E-state index is 0.336. The van der Waals surface area contributed by atoms with Gasteiger partial charge in [-0.1, -0.05) is 23.7 Å². The Hall–Kier alpha value is -2.02. The number of rotatable bonds is 3. The van der Waals surface area contributed by atoms with E-state index in [9.17, 15) is 0 Å². The second-order valence-corrected chi connectivity index (χ2v) is 5.39. The Bertz CT molecular complexity index is 829. The van der Waals surface area contributed by atoms with E-state index < -0.39 is 0 Å². The van der Waals surface area contributed by atoms with Crippen molar-refractivity contribution in [2.45, 2.75) is 12.4 Å². The summed E-state index contributed by atoms with van der Waals surface area (Å²) >= 11 is 12.0. The Labute approximate surface area is 132 Å². The molecule has 0 amide bonds. The third kappa shape index (κ3) is 2.73. The lowest BCUT2D eigenvalue weighted by atomic mass is 10.1. The maximum absolute atomic E-state index is 8.84. The summed E-state index contributed by atoms with van der Waals surface area (Å²) in [5.74, 6) is 1.14. The van der Waals surface area contributed by atoms with E-state index >= 15 is 0 Å². The van der Waals surface area contributed by atoms with Crippen LogP contribution in [0.3, 0.4) is 0 Å². The van der Waals surface area contributed by atoms with Crippen molar-refractivity contribution in [2.24, 2.45) is 0 Å². The molecule has 0 saturated carbocycles. The minimum absolute atomic E-state index is 0.336. The minimum Gasteiger partial charge on any atom is -0.322 e. The topological polar surface area (TPSA) is 41.6 Å². The van der Waals surface area contributed by atoms with Gasteiger partial charge in [0.05, 0.1) is 28.5 Å². The van der Waals surface area contributed by atoms with Gasteiger partial charge in [0, 0.05) is 11.6 Å². The summed E-state index contributed by atoms with van der Waals surface area (Å²) in [6.07, 6.45) is 0. The van der Waals surface area contributed by atoms with Crippen molar-refractivity contribution in [3.63, 3.8) is 0 Å². The lowest BCUT2D eigenvalue weighted by Gasteiger charge is -2.08. The molecule has 0 bridgehead atoms. The van der Waals surface area contributed by atoms with Crippen LogP contribution in [0.15, 0.2) is 42.5 Å². The number of halogens is 2. The fourth-order valence-corrected chi connectivity index (χ4v) is 2.67. The Balaban J connectivity index is 2.04. The van der Waals surface area contributed by atoms with Gasteiger partial charge in [0.25, 0.3) is 0 Å². The Morgan fingerprint density at radius 3 is 2.57 bits per heavy atom. The third-order valence-corrected chi connectivity index (χ3v) is 3.81. The van der Waals surface area contributed by atoms with Crippen molar-refractivity contribution in [1.29, 1.82) is 5.26 Å². The number of nitrogens with zero attached hydrogens (tertiary/aromatic N) is 3. The Morgan fingerprint density at radius 2 is 1.90 bits per heavy atom. The van der Waals surface area contributed by atoms with E-state index in [-0.39, 0.29) is 0 Å². The predicted molar refractivity (Wildman–Crippen MR) is 84.6 cm³/mol. The molecule has 1 aromatic heterocycles.